The molecule has 1 amide bonds. The van der Waals surface area contributed by atoms with Crippen LogP contribution in [0.1, 0.15) is 21.5 Å². The van der Waals surface area contributed by atoms with Crippen LogP contribution in [0.2, 0.25) is 10.0 Å². The molecule has 0 aliphatic heterocycles. The lowest BCUT2D eigenvalue weighted by molar-refractivity contribution is 0.102. The number of hydrogen-bond donors (Lipinski definition) is 1. The van der Waals surface area contributed by atoms with Crippen molar-refractivity contribution in [1.82, 2.24) is 0 Å². The summed E-state index contributed by atoms with van der Waals surface area (Å²) in [5, 5.41) is 3.28. The van der Waals surface area contributed by atoms with Gasteiger partial charge in [-0.3, -0.25) is 9.10 Å². The van der Waals surface area contributed by atoms with E-state index in [1.165, 1.54) is 4.31 Å². The van der Waals surface area contributed by atoms with E-state index >= 15 is 0 Å². The normalized spacial score (nSPS) is 11.2. The van der Waals surface area contributed by atoms with Crippen molar-refractivity contribution < 1.29 is 13.2 Å². The van der Waals surface area contributed by atoms with Crippen molar-refractivity contribution in [2.45, 2.75) is 18.4 Å². The Bertz CT molecular complexity index is 1440. The summed E-state index contributed by atoms with van der Waals surface area (Å²) in [6.07, 6.45) is 0. The number of amides is 1. The van der Waals surface area contributed by atoms with Crippen molar-refractivity contribution in [1.29, 1.82) is 0 Å². The quantitative estimate of drug-likeness (QED) is 0.284. The Labute approximate surface area is 215 Å². The molecule has 0 aliphatic carbocycles. The Morgan fingerprint density at radius 2 is 1.40 bits per heavy atom. The van der Waals surface area contributed by atoms with Crippen LogP contribution in [0.3, 0.4) is 0 Å². The average molecular weight is 525 g/mol. The van der Waals surface area contributed by atoms with E-state index in [4.69, 9.17) is 23.2 Å². The molecule has 0 fully saturated rings. The number of para-hydroxylation sites is 2. The summed E-state index contributed by atoms with van der Waals surface area (Å²) in [6, 6.07) is 27.2. The molecule has 0 spiro atoms. The molecule has 4 aromatic carbocycles. The molecule has 0 saturated heterocycles. The molecule has 0 heterocycles. The van der Waals surface area contributed by atoms with Crippen molar-refractivity contribution in [3.8, 4) is 0 Å². The van der Waals surface area contributed by atoms with Gasteiger partial charge >= 0.3 is 0 Å². The zero-order valence-electron chi connectivity index (χ0n) is 18.8. The largest absolute Gasteiger partial charge is 0.319 e. The highest BCUT2D eigenvalue weighted by molar-refractivity contribution is 7.92. The third-order valence-electron chi connectivity index (χ3n) is 5.40. The van der Waals surface area contributed by atoms with Crippen molar-refractivity contribution in [3.63, 3.8) is 0 Å². The number of sulfonamides is 1. The molecule has 0 aromatic heterocycles. The molecule has 1 N–H and O–H groups in total. The Balaban J connectivity index is 1.81. The van der Waals surface area contributed by atoms with Crippen molar-refractivity contribution in [2.75, 3.05) is 9.62 Å². The zero-order valence-corrected chi connectivity index (χ0v) is 21.1. The second-order valence-corrected chi connectivity index (χ2v) is 10.6. The maximum atomic E-state index is 13.8. The molecule has 178 valence electrons. The van der Waals surface area contributed by atoms with Crippen molar-refractivity contribution in [3.05, 3.63) is 124 Å². The van der Waals surface area contributed by atoms with Gasteiger partial charge in [0, 0.05) is 0 Å². The summed E-state index contributed by atoms with van der Waals surface area (Å²) in [7, 11) is -4.01. The van der Waals surface area contributed by atoms with Gasteiger partial charge in [-0.2, -0.15) is 0 Å². The number of rotatable bonds is 7. The highest BCUT2D eigenvalue weighted by atomic mass is 35.5. The highest BCUT2D eigenvalue weighted by Crippen LogP contribution is 2.33. The number of halogens is 2. The third-order valence-corrected chi connectivity index (χ3v) is 7.80. The smallest absolute Gasteiger partial charge is 0.264 e. The van der Waals surface area contributed by atoms with Crippen LogP contribution in [-0.2, 0) is 16.6 Å². The number of hydrogen-bond acceptors (Lipinski definition) is 3. The summed E-state index contributed by atoms with van der Waals surface area (Å²) < 4.78 is 28.9. The number of benzene rings is 4. The van der Waals surface area contributed by atoms with Gasteiger partial charge in [0.15, 0.2) is 0 Å². The van der Waals surface area contributed by atoms with E-state index in [2.05, 4.69) is 5.32 Å². The van der Waals surface area contributed by atoms with Gasteiger partial charge in [0.2, 0.25) is 0 Å². The molecule has 0 saturated carbocycles. The van der Waals surface area contributed by atoms with E-state index in [1.54, 1.807) is 66.7 Å². The van der Waals surface area contributed by atoms with E-state index in [-0.39, 0.29) is 38.4 Å². The average Bonchev–Trinajstić information content (AvgIpc) is 2.85. The van der Waals surface area contributed by atoms with Crippen LogP contribution < -0.4 is 9.62 Å². The highest BCUT2D eigenvalue weighted by Gasteiger charge is 2.29. The van der Waals surface area contributed by atoms with Gasteiger partial charge in [0.1, 0.15) is 0 Å². The van der Waals surface area contributed by atoms with E-state index in [9.17, 15) is 13.2 Å². The summed E-state index contributed by atoms with van der Waals surface area (Å²) >= 11 is 12.5. The van der Waals surface area contributed by atoms with Crippen molar-refractivity contribution >= 4 is 50.5 Å². The Morgan fingerprint density at radius 3 is 2.06 bits per heavy atom. The number of anilines is 2. The van der Waals surface area contributed by atoms with Crippen LogP contribution in [0, 0.1) is 6.92 Å². The number of carbonyl (C=O) groups excluding carboxylic acids is 1. The summed E-state index contributed by atoms with van der Waals surface area (Å²) in [5.41, 5.74) is 2.36. The fourth-order valence-corrected chi connectivity index (χ4v) is 5.53. The molecule has 0 aliphatic rings. The Kier molecular flexibility index (Phi) is 7.45. The molecule has 8 heteroatoms. The monoisotopic (exact) mass is 524 g/mol. The molecule has 0 unspecified atom stereocenters. The van der Waals surface area contributed by atoms with Gasteiger partial charge in [0.05, 0.1) is 38.4 Å². The number of carbonyl (C=O) groups is 1. The second-order valence-electron chi connectivity index (χ2n) is 7.88. The summed E-state index contributed by atoms with van der Waals surface area (Å²) in [5.74, 6) is -0.534. The van der Waals surface area contributed by atoms with Gasteiger partial charge in [-0.15, -0.1) is 0 Å². The first-order valence-electron chi connectivity index (χ1n) is 10.7. The first kappa shape index (κ1) is 24.8. The first-order valence-corrected chi connectivity index (χ1v) is 12.9. The fraction of sp³-hybridized carbons (Fsp3) is 0.0741. The standard InChI is InChI=1S/C27H22Cl2N2O3S/c1-19-14-16-21(17-15-19)35(33,34)31(18-20-8-3-2-4-9-20)25-13-6-5-10-22(25)27(32)30-26-23(28)11-7-12-24(26)29/h2-17H,18H2,1H3,(H,30,32). The minimum Gasteiger partial charge on any atom is -0.319 e. The Morgan fingerprint density at radius 1 is 0.800 bits per heavy atom. The fourth-order valence-electron chi connectivity index (χ4n) is 3.57. The topological polar surface area (TPSA) is 66.5 Å². The van der Waals surface area contributed by atoms with Gasteiger partial charge in [0.25, 0.3) is 15.9 Å². The van der Waals surface area contributed by atoms with Crippen LogP contribution in [0.5, 0.6) is 0 Å². The lowest BCUT2D eigenvalue weighted by Gasteiger charge is -2.27. The second kappa shape index (κ2) is 10.5. The molecule has 4 rings (SSSR count). The third kappa shape index (κ3) is 5.51. The summed E-state index contributed by atoms with van der Waals surface area (Å²) in [4.78, 5) is 13.5. The predicted octanol–water partition coefficient (Wildman–Crippen LogP) is 6.95. The van der Waals surface area contributed by atoms with Crippen LogP contribution in [0.25, 0.3) is 0 Å². The van der Waals surface area contributed by atoms with Crippen LogP contribution in [0.15, 0.2) is 102 Å². The molecule has 5 nitrogen and oxygen atoms in total. The predicted molar refractivity (Wildman–Crippen MR) is 142 cm³/mol. The van der Waals surface area contributed by atoms with Gasteiger partial charge in [-0.05, 0) is 48.9 Å². The van der Waals surface area contributed by atoms with Gasteiger partial charge < -0.3 is 5.32 Å². The van der Waals surface area contributed by atoms with Crippen LogP contribution in [0.4, 0.5) is 11.4 Å². The van der Waals surface area contributed by atoms with Crippen LogP contribution in [-0.4, -0.2) is 14.3 Å². The first-order chi connectivity index (χ1) is 16.8. The van der Waals surface area contributed by atoms with E-state index in [0.717, 1.165) is 11.1 Å². The van der Waals surface area contributed by atoms with Gasteiger partial charge in [-0.25, -0.2) is 8.42 Å². The molecule has 4 aromatic rings. The minimum atomic E-state index is -4.01. The maximum absolute atomic E-state index is 13.8. The number of nitrogens with zero attached hydrogens (tertiary/aromatic N) is 1. The number of nitrogens with one attached hydrogen (secondary N) is 1. The molecule has 0 atom stereocenters. The van der Waals surface area contributed by atoms with E-state index < -0.39 is 15.9 Å². The number of aryl methyl sites for hydroxylation is 1. The lowest BCUT2D eigenvalue weighted by Crippen LogP contribution is -2.32. The van der Waals surface area contributed by atoms with E-state index in [1.807, 2.05) is 37.3 Å². The molecule has 0 radical (unpaired) electrons. The summed E-state index contributed by atoms with van der Waals surface area (Å²) in [6.45, 7) is 1.92. The molecule has 35 heavy (non-hydrogen) atoms. The van der Waals surface area contributed by atoms with E-state index in [0.29, 0.717) is 0 Å². The Hall–Kier alpha value is -3.32. The molecular formula is C27H22Cl2N2O3S. The zero-order chi connectivity index (χ0) is 25.0. The SMILES string of the molecule is Cc1ccc(S(=O)(=O)N(Cc2ccccc2)c2ccccc2C(=O)Nc2c(Cl)cccc2Cl)cc1. The maximum Gasteiger partial charge on any atom is 0.264 e. The van der Waals surface area contributed by atoms with Gasteiger partial charge in [-0.1, -0.05) is 89.4 Å². The van der Waals surface area contributed by atoms with Crippen molar-refractivity contribution in [2.24, 2.45) is 0 Å². The molecular weight excluding hydrogens is 503 g/mol. The minimum absolute atomic E-state index is 0.0359. The lowest BCUT2D eigenvalue weighted by atomic mass is 10.1. The molecule has 0 bridgehead atoms. The van der Waals surface area contributed by atoms with Crippen LogP contribution >= 0.6 is 23.2 Å².